The highest BCUT2D eigenvalue weighted by Gasteiger charge is 2.35. The number of methoxy groups -OCH3 is 1. The third-order valence-corrected chi connectivity index (χ3v) is 4.82. The van der Waals surface area contributed by atoms with Gasteiger partial charge in [-0.25, -0.2) is 4.79 Å². The Morgan fingerprint density at radius 1 is 1.24 bits per heavy atom. The molecule has 0 unspecified atom stereocenters. The van der Waals surface area contributed by atoms with Crippen molar-refractivity contribution < 1.29 is 33.4 Å². The Kier molecular flexibility index (Phi) is 6.95. The minimum Gasteiger partial charge on any atom is -0.452 e. The maximum absolute atomic E-state index is 12.5. The molecule has 2 aliphatic rings. The van der Waals surface area contributed by atoms with E-state index in [1.807, 2.05) is 0 Å². The number of hydrogen-bond acceptors (Lipinski definition) is 7. The predicted octanol–water partition coefficient (Wildman–Crippen LogP) is 0.771. The van der Waals surface area contributed by atoms with Gasteiger partial charge in [-0.3, -0.25) is 19.3 Å². The van der Waals surface area contributed by atoms with E-state index in [1.54, 1.807) is 7.11 Å². The molecule has 0 aliphatic carbocycles. The van der Waals surface area contributed by atoms with E-state index >= 15 is 0 Å². The SMILES string of the molecule is COCCCN1C(=O)c2ccc(C(=O)OCC(=O)NC[C@@H]3CCCO3)cc2C1=O. The molecule has 2 aliphatic heterocycles. The fourth-order valence-electron chi connectivity index (χ4n) is 3.29. The summed E-state index contributed by atoms with van der Waals surface area (Å²) in [6.07, 6.45) is 2.39. The quantitative estimate of drug-likeness (QED) is 0.368. The van der Waals surface area contributed by atoms with Gasteiger partial charge in [-0.05, 0) is 37.5 Å². The van der Waals surface area contributed by atoms with E-state index in [0.29, 0.717) is 26.2 Å². The van der Waals surface area contributed by atoms with Crippen molar-refractivity contribution in [3.8, 4) is 0 Å². The van der Waals surface area contributed by atoms with Gasteiger partial charge in [-0.2, -0.15) is 0 Å². The van der Waals surface area contributed by atoms with Gasteiger partial charge in [0.25, 0.3) is 17.7 Å². The number of rotatable bonds is 9. The maximum Gasteiger partial charge on any atom is 0.338 e. The van der Waals surface area contributed by atoms with Gasteiger partial charge in [0.05, 0.1) is 22.8 Å². The van der Waals surface area contributed by atoms with Crippen LogP contribution in [0.2, 0.25) is 0 Å². The van der Waals surface area contributed by atoms with Crippen molar-refractivity contribution in [2.24, 2.45) is 0 Å². The Labute approximate surface area is 168 Å². The molecule has 9 heteroatoms. The van der Waals surface area contributed by atoms with Gasteiger partial charge in [0.2, 0.25) is 0 Å². The highest BCUT2D eigenvalue weighted by Crippen LogP contribution is 2.24. The van der Waals surface area contributed by atoms with Gasteiger partial charge >= 0.3 is 5.97 Å². The monoisotopic (exact) mass is 404 g/mol. The Bertz CT molecular complexity index is 802. The standard InChI is InChI=1S/C20H24N2O7/c1-27-8-3-7-22-18(24)15-6-5-13(10-16(15)19(22)25)20(26)29-12-17(23)21-11-14-4-2-9-28-14/h5-6,10,14H,2-4,7-9,11-12H2,1H3,(H,21,23)/t14-/m0/s1. The maximum atomic E-state index is 12.5. The minimum atomic E-state index is -0.738. The van der Waals surface area contributed by atoms with Crippen LogP contribution in [0.25, 0.3) is 0 Å². The smallest absolute Gasteiger partial charge is 0.338 e. The van der Waals surface area contributed by atoms with Gasteiger partial charge in [0.1, 0.15) is 0 Å². The van der Waals surface area contributed by atoms with Gasteiger partial charge in [0, 0.05) is 33.4 Å². The second-order valence-corrected chi connectivity index (χ2v) is 6.88. The number of benzene rings is 1. The molecule has 0 radical (unpaired) electrons. The molecular formula is C20H24N2O7. The van der Waals surface area contributed by atoms with Crippen molar-refractivity contribution in [1.29, 1.82) is 0 Å². The van der Waals surface area contributed by atoms with Gasteiger partial charge in [-0.1, -0.05) is 0 Å². The summed E-state index contributed by atoms with van der Waals surface area (Å²) in [7, 11) is 1.54. The van der Waals surface area contributed by atoms with Crippen molar-refractivity contribution in [3.63, 3.8) is 0 Å². The van der Waals surface area contributed by atoms with E-state index in [4.69, 9.17) is 14.2 Å². The Morgan fingerprint density at radius 2 is 2.03 bits per heavy atom. The molecule has 156 valence electrons. The van der Waals surface area contributed by atoms with Crippen LogP contribution in [0.15, 0.2) is 18.2 Å². The minimum absolute atomic E-state index is 0.00162. The average Bonchev–Trinajstić information content (AvgIpc) is 3.33. The van der Waals surface area contributed by atoms with Crippen LogP contribution in [0.5, 0.6) is 0 Å². The normalized spacial score (nSPS) is 18.1. The van der Waals surface area contributed by atoms with E-state index in [9.17, 15) is 19.2 Å². The molecule has 3 rings (SSSR count). The molecule has 0 spiro atoms. The molecule has 9 nitrogen and oxygen atoms in total. The average molecular weight is 404 g/mol. The van der Waals surface area contributed by atoms with Crippen molar-refractivity contribution in [1.82, 2.24) is 10.2 Å². The van der Waals surface area contributed by atoms with Crippen molar-refractivity contribution >= 4 is 23.7 Å². The lowest BCUT2D eigenvalue weighted by atomic mass is 10.1. The summed E-state index contributed by atoms with van der Waals surface area (Å²) in [6, 6.07) is 4.17. The van der Waals surface area contributed by atoms with Crippen LogP contribution in [0.4, 0.5) is 0 Å². The summed E-state index contributed by atoms with van der Waals surface area (Å²) in [4.78, 5) is 50.1. The number of hydrogen-bond donors (Lipinski definition) is 1. The van der Waals surface area contributed by atoms with Crippen molar-refractivity contribution in [2.75, 3.05) is 40.0 Å². The second kappa shape index (κ2) is 9.62. The molecule has 2 heterocycles. The number of fused-ring (bicyclic) bond motifs is 1. The number of nitrogens with zero attached hydrogens (tertiary/aromatic N) is 1. The van der Waals surface area contributed by atoms with Crippen LogP contribution in [0.3, 0.4) is 0 Å². The molecule has 1 aromatic carbocycles. The number of nitrogens with one attached hydrogen (secondary N) is 1. The van der Waals surface area contributed by atoms with Crippen molar-refractivity contribution in [3.05, 3.63) is 34.9 Å². The Hall–Kier alpha value is -2.78. The number of ether oxygens (including phenoxy) is 3. The molecule has 1 aromatic rings. The van der Waals surface area contributed by atoms with Gasteiger partial charge in [0.15, 0.2) is 6.61 Å². The molecule has 29 heavy (non-hydrogen) atoms. The van der Waals surface area contributed by atoms with Crippen LogP contribution in [-0.2, 0) is 19.0 Å². The predicted molar refractivity (Wildman–Crippen MR) is 101 cm³/mol. The summed E-state index contributed by atoms with van der Waals surface area (Å²) in [6.45, 7) is 1.31. The topological polar surface area (TPSA) is 111 Å². The molecule has 1 saturated heterocycles. The van der Waals surface area contributed by atoms with Gasteiger partial charge < -0.3 is 19.5 Å². The summed E-state index contributed by atoms with van der Waals surface area (Å²) in [5, 5.41) is 2.66. The summed E-state index contributed by atoms with van der Waals surface area (Å²) in [5.41, 5.74) is 0.513. The second-order valence-electron chi connectivity index (χ2n) is 6.88. The molecule has 0 aromatic heterocycles. The largest absolute Gasteiger partial charge is 0.452 e. The zero-order valence-corrected chi connectivity index (χ0v) is 16.3. The lowest BCUT2D eigenvalue weighted by molar-refractivity contribution is -0.124. The van der Waals surface area contributed by atoms with Crippen LogP contribution in [-0.4, -0.2) is 74.7 Å². The van der Waals surface area contributed by atoms with E-state index in [-0.39, 0.29) is 29.3 Å². The fourth-order valence-corrected chi connectivity index (χ4v) is 3.29. The van der Waals surface area contributed by atoms with Crippen LogP contribution in [0.1, 0.15) is 50.3 Å². The third-order valence-electron chi connectivity index (χ3n) is 4.82. The number of esters is 1. The molecule has 1 N–H and O–H groups in total. The molecule has 3 amide bonds. The summed E-state index contributed by atoms with van der Waals surface area (Å²) >= 11 is 0. The molecule has 1 fully saturated rings. The van der Waals surface area contributed by atoms with Crippen LogP contribution < -0.4 is 5.32 Å². The zero-order chi connectivity index (χ0) is 20.8. The Balaban J connectivity index is 1.54. The molecule has 1 atom stereocenters. The van der Waals surface area contributed by atoms with E-state index in [2.05, 4.69) is 5.32 Å². The molecule has 0 saturated carbocycles. The lowest BCUT2D eigenvalue weighted by Gasteiger charge is -2.12. The first-order chi connectivity index (χ1) is 14.0. The van der Waals surface area contributed by atoms with E-state index in [1.165, 1.54) is 18.2 Å². The number of imide groups is 1. The first kappa shape index (κ1) is 20.9. The van der Waals surface area contributed by atoms with Gasteiger partial charge in [-0.15, -0.1) is 0 Å². The first-order valence-corrected chi connectivity index (χ1v) is 9.56. The summed E-state index contributed by atoms with van der Waals surface area (Å²) < 4.78 is 15.4. The lowest BCUT2D eigenvalue weighted by Crippen LogP contribution is -2.34. The third kappa shape index (κ3) is 4.99. The molecule has 0 bridgehead atoms. The summed E-state index contributed by atoms with van der Waals surface area (Å²) in [5.74, 6) is -2.01. The zero-order valence-electron chi connectivity index (χ0n) is 16.3. The highest BCUT2D eigenvalue weighted by atomic mass is 16.5. The highest BCUT2D eigenvalue weighted by molar-refractivity contribution is 6.21. The van der Waals surface area contributed by atoms with Crippen molar-refractivity contribution in [2.45, 2.75) is 25.4 Å². The fraction of sp³-hybridized carbons (Fsp3) is 0.500. The number of carbonyl (C=O) groups is 4. The van der Waals surface area contributed by atoms with E-state index in [0.717, 1.165) is 17.7 Å². The first-order valence-electron chi connectivity index (χ1n) is 9.56. The number of amides is 3. The Morgan fingerprint density at radius 3 is 2.76 bits per heavy atom. The van der Waals surface area contributed by atoms with E-state index < -0.39 is 30.3 Å². The van der Waals surface area contributed by atoms with Crippen LogP contribution >= 0.6 is 0 Å². The molecular weight excluding hydrogens is 380 g/mol. The van der Waals surface area contributed by atoms with Crippen LogP contribution in [0, 0.1) is 0 Å². The number of carbonyl (C=O) groups excluding carboxylic acids is 4.